The van der Waals surface area contributed by atoms with Gasteiger partial charge in [0.25, 0.3) is 0 Å². The second-order valence-corrected chi connectivity index (χ2v) is 19.4. The fourth-order valence-electron chi connectivity index (χ4n) is 8.54. The second-order valence-electron chi connectivity index (χ2n) is 17.7. The summed E-state index contributed by atoms with van der Waals surface area (Å²) < 4.78 is 21.9. The number of nitrogen functional groups attached to an aromatic ring is 1. The van der Waals surface area contributed by atoms with Gasteiger partial charge in [0, 0.05) is 93.6 Å². The molecule has 2 saturated carbocycles. The number of nitrogens with two attached hydrogens (primary N) is 1. The van der Waals surface area contributed by atoms with Crippen LogP contribution in [0.15, 0.2) is 89.9 Å². The molecule has 0 atom stereocenters. The molecule has 0 radical (unpaired) electrons. The van der Waals surface area contributed by atoms with Crippen LogP contribution in [0.25, 0.3) is 0 Å². The van der Waals surface area contributed by atoms with Crippen molar-refractivity contribution in [3.63, 3.8) is 0 Å². The number of nitrogens with zero attached hydrogens (tertiary/aromatic N) is 6. The third kappa shape index (κ3) is 12.7. The molecule has 6 aliphatic rings. The molecular formula is C51H57BrN8O6S2. The van der Waals surface area contributed by atoms with Crippen molar-refractivity contribution in [3.05, 3.63) is 101 Å². The smallest absolute Gasteiger partial charge is 0.206 e. The zero-order valence-electron chi connectivity index (χ0n) is 38.1. The second kappa shape index (κ2) is 22.7. The summed E-state index contributed by atoms with van der Waals surface area (Å²) in [6.07, 6.45) is 5.71. The van der Waals surface area contributed by atoms with E-state index in [1.807, 2.05) is 24.3 Å². The van der Waals surface area contributed by atoms with E-state index in [-0.39, 0.29) is 17.4 Å². The molecule has 0 spiro atoms. The number of nitrogens with one attached hydrogen (secondary N) is 1. The molecule has 68 heavy (non-hydrogen) atoms. The Balaban J connectivity index is 0.000000146. The standard InChI is InChI=1S/C26H29N5O3S.C15H19N3S.C10H9BrO3/c27-25-24(23(32)18-3-8-21-22(15-18)34-14-13-33-21)35-26(29-25)28-19-4-6-20(7-5-19)31-11-9-30(10-12-31)16-17-1-2-17;19-12-16-14-3-5-15(6-4-14)18-9-7-17(8-10-18)11-13-1-2-13;11-6-8(12)7-1-2-9-10(5-7)14-4-3-13-9/h3-8,15,17H,1-2,9-14,16,27H2,(H,28,29);3-6,13H,1-2,7-11H2;1-2,5H,3-4,6H2. The molecule has 14 nitrogen and oxygen atoms in total. The third-order valence-corrected chi connectivity index (χ3v) is 14.3. The summed E-state index contributed by atoms with van der Waals surface area (Å²) in [5.74, 6) is 4.62. The zero-order chi connectivity index (χ0) is 46.8. The van der Waals surface area contributed by atoms with E-state index in [2.05, 4.69) is 92.5 Å². The number of rotatable bonds is 13. The molecular weight excluding hydrogens is 965 g/mol. The van der Waals surface area contributed by atoms with E-state index < -0.39 is 0 Å². The van der Waals surface area contributed by atoms with Crippen LogP contribution in [0.4, 0.5) is 33.7 Å². The summed E-state index contributed by atoms with van der Waals surface area (Å²) in [4.78, 5) is 43.3. The minimum Gasteiger partial charge on any atom is -0.486 e. The number of hydrogen-bond donors (Lipinski definition) is 2. The molecule has 1 aromatic heterocycles. The fraction of sp³-hybridized carbons (Fsp3) is 0.412. The topological polar surface area (TPSA) is 147 Å². The average molecular weight is 1020 g/mol. The minimum absolute atomic E-state index is 0.0435. The number of thiazole rings is 1. The Labute approximate surface area is 415 Å². The number of ether oxygens (including phenoxy) is 4. The maximum absolute atomic E-state index is 13.1. The number of piperazine rings is 2. The molecule has 2 saturated heterocycles. The SMILES string of the molecule is Nc1nc(Nc2ccc(N3CCN(CC4CC4)CC3)cc2)sc1C(=O)c1ccc2c(c1)OCCO2.O=C(CBr)c1ccc2c(c1)OCCO2.S=C=Nc1ccc(N2CCN(CC3CC3)CC2)cc1. The van der Waals surface area contributed by atoms with Crippen LogP contribution in [0.5, 0.6) is 23.0 Å². The molecule has 4 aromatic carbocycles. The van der Waals surface area contributed by atoms with Gasteiger partial charge in [0.1, 0.15) is 37.1 Å². The van der Waals surface area contributed by atoms with Gasteiger partial charge in [0.15, 0.2) is 33.9 Å². The van der Waals surface area contributed by atoms with Gasteiger partial charge >= 0.3 is 0 Å². The van der Waals surface area contributed by atoms with Gasteiger partial charge in [0.05, 0.1) is 16.2 Å². The summed E-state index contributed by atoms with van der Waals surface area (Å²) in [5.41, 5.74) is 11.6. The normalized spacial score (nSPS) is 17.7. The Kier molecular flexibility index (Phi) is 15.9. The molecule has 4 fully saturated rings. The lowest BCUT2D eigenvalue weighted by molar-refractivity contribution is 0.101. The number of carbonyl (C=O) groups is 2. The average Bonchev–Trinajstić information content (AvgIpc) is 4.34. The van der Waals surface area contributed by atoms with Crippen LogP contribution in [0.1, 0.15) is 51.3 Å². The number of fused-ring (bicyclic) bond motifs is 2. The molecule has 5 heterocycles. The lowest BCUT2D eigenvalue weighted by atomic mass is 10.1. The van der Waals surface area contributed by atoms with Crippen LogP contribution < -0.4 is 39.8 Å². The summed E-state index contributed by atoms with van der Waals surface area (Å²) in [6, 6.07) is 27.1. The molecule has 4 aliphatic heterocycles. The van der Waals surface area contributed by atoms with Gasteiger partial charge in [0.2, 0.25) is 5.78 Å². The summed E-state index contributed by atoms with van der Waals surface area (Å²) in [5, 5.41) is 6.61. The van der Waals surface area contributed by atoms with Crippen LogP contribution >= 0.6 is 39.5 Å². The van der Waals surface area contributed by atoms with E-state index in [4.69, 9.17) is 24.7 Å². The van der Waals surface area contributed by atoms with Crippen LogP contribution in [-0.2, 0) is 0 Å². The van der Waals surface area contributed by atoms with E-state index in [1.165, 1.54) is 74.6 Å². The maximum Gasteiger partial charge on any atom is 0.206 e. The number of Topliss-reactive ketones (excluding diaryl/α,β-unsaturated/α-hetero) is 1. The quantitative estimate of drug-likeness (QED) is 0.0501. The number of benzene rings is 4. The molecule has 11 rings (SSSR count). The van der Waals surface area contributed by atoms with E-state index in [0.29, 0.717) is 75.9 Å². The summed E-state index contributed by atoms with van der Waals surface area (Å²) in [7, 11) is 0. The highest BCUT2D eigenvalue weighted by molar-refractivity contribution is 9.09. The molecule has 356 valence electrons. The number of isothiocyanates is 1. The minimum atomic E-state index is -0.179. The van der Waals surface area contributed by atoms with Gasteiger partial charge in [-0.3, -0.25) is 19.4 Å². The lowest BCUT2D eigenvalue weighted by Gasteiger charge is -2.36. The molecule has 0 amide bonds. The first-order valence-electron chi connectivity index (χ1n) is 23.5. The number of thiocarbonyl (C=S) groups is 1. The molecule has 0 bridgehead atoms. The number of aromatic nitrogens is 1. The Hall–Kier alpha value is -5.55. The van der Waals surface area contributed by atoms with Crippen molar-refractivity contribution in [2.24, 2.45) is 16.8 Å². The molecule has 2 aliphatic carbocycles. The summed E-state index contributed by atoms with van der Waals surface area (Å²) in [6.45, 7) is 13.7. The first-order valence-corrected chi connectivity index (χ1v) is 25.8. The first-order chi connectivity index (χ1) is 33.3. The van der Waals surface area contributed by atoms with Crippen molar-refractivity contribution in [2.45, 2.75) is 25.7 Å². The predicted octanol–water partition coefficient (Wildman–Crippen LogP) is 8.99. The largest absolute Gasteiger partial charge is 0.486 e. The van der Waals surface area contributed by atoms with Crippen molar-refractivity contribution in [3.8, 4) is 23.0 Å². The van der Waals surface area contributed by atoms with Gasteiger partial charge < -0.3 is 39.8 Å². The van der Waals surface area contributed by atoms with Gasteiger partial charge in [-0.05, 0) is 135 Å². The maximum atomic E-state index is 13.1. The first kappa shape index (κ1) is 47.5. The van der Waals surface area contributed by atoms with Crippen LogP contribution in [-0.4, -0.2) is 129 Å². The van der Waals surface area contributed by atoms with Crippen molar-refractivity contribution < 1.29 is 28.5 Å². The molecule has 5 aromatic rings. The summed E-state index contributed by atoms with van der Waals surface area (Å²) >= 11 is 8.99. The number of carbonyl (C=O) groups excluding carboxylic acids is 2. The molecule has 17 heteroatoms. The fourth-order valence-corrected chi connectivity index (χ4v) is 9.83. The van der Waals surface area contributed by atoms with Crippen molar-refractivity contribution >= 4 is 89.9 Å². The molecule has 3 N–H and O–H groups in total. The van der Waals surface area contributed by atoms with E-state index >= 15 is 0 Å². The van der Waals surface area contributed by atoms with Gasteiger partial charge in [-0.1, -0.05) is 27.3 Å². The van der Waals surface area contributed by atoms with Gasteiger partial charge in [-0.25, -0.2) is 4.98 Å². The van der Waals surface area contributed by atoms with Crippen molar-refractivity contribution in [2.75, 3.05) is 118 Å². The lowest BCUT2D eigenvalue weighted by Crippen LogP contribution is -2.47. The van der Waals surface area contributed by atoms with Crippen LogP contribution in [0.2, 0.25) is 0 Å². The Morgan fingerprint density at radius 2 is 1.18 bits per heavy atom. The number of hydrogen-bond acceptors (Lipinski definition) is 16. The molecule has 0 unspecified atom stereocenters. The Bertz CT molecular complexity index is 2570. The number of anilines is 5. The Morgan fingerprint density at radius 1 is 0.691 bits per heavy atom. The van der Waals surface area contributed by atoms with Crippen molar-refractivity contribution in [1.82, 2.24) is 14.8 Å². The van der Waals surface area contributed by atoms with Crippen LogP contribution in [0, 0.1) is 11.8 Å². The Morgan fingerprint density at radius 3 is 1.68 bits per heavy atom. The third-order valence-electron chi connectivity index (χ3n) is 12.7. The van der Waals surface area contributed by atoms with E-state index in [9.17, 15) is 9.59 Å². The highest BCUT2D eigenvalue weighted by atomic mass is 79.9. The number of ketones is 2. The predicted molar refractivity (Wildman–Crippen MR) is 277 cm³/mol. The van der Waals surface area contributed by atoms with Gasteiger partial charge in [-0.2, -0.15) is 4.99 Å². The number of aliphatic imine (C=N–C) groups is 1. The highest BCUT2D eigenvalue weighted by Crippen LogP contribution is 2.36. The van der Waals surface area contributed by atoms with E-state index in [1.54, 1.807) is 36.4 Å². The van der Waals surface area contributed by atoms with E-state index in [0.717, 1.165) is 62.5 Å². The number of alkyl halides is 1. The number of halogens is 1. The van der Waals surface area contributed by atoms with Crippen molar-refractivity contribution in [1.29, 1.82) is 0 Å². The zero-order valence-corrected chi connectivity index (χ0v) is 41.3. The highest BCUT2D eigenvalue weighted by Gasteiger charge is 2.28. The van der Waals surface area contributed by atoms with Gasteiger partial charge in [-0.15, -0.1) is 0 Å². The monoisotopic (exact) mass is 1020 g/mol. The van der Waals surface area contributed by atoms with Crippen LogP contribution in [0.3, 0.4) is 0 Å².